The summed E-state index contributed by atoms with van der Waals surface area (Å²) in [5.74, 6) is -0.260. The topological polar surface area (TPSA) is 66.3 Å². The van der Waals surface area contributed by atoms with E-state index in [4.69, 9.17) is 16.7 Å². The molecule has 0 aliphatic heterocycles. The van der Waals surface area contributed by atoms with Crippen LogP contribution in [0.4, 0.5) is 5.82 Å². The van der Waals surface area contributed by atoms with Crippen molar-refractivity contribution >= 4 is 39.3 Å². The van der Waals surface area contributed by atoms with Gasteiger partial charge in [0.25, 0.3) is 0 Å². The number of halogens is 2. The van der Waals surface area contributed by atoms with Gasteiger partial charge in [-0.05, 0) is 32.9 Å². The first-order valence-corrected chi connectivity index (χ1v) is 6.92. The van der Waals surface area contributed by atoms with Gasteiger partial charge >= 0.3 is 5.97 Å². The number of hydrogen-bond donors (Lipinski definition) is 1. The zero-order chi connectivity index (χ0) is 14.8. The summed E-state index contributed by atoms with van der Waals surface area (Å²) in [7, 11) is 1.81. The summed E-state index contributed by atoms with van der Waals surface area (Å²) >= 11 is 9.16. The van der Waals surface area contributed by atoms with Gasteiger partial charge in [-0.2, -0.15) is 4.98 Å². The summed E-state index contributed by atoms with van der Waals surface area (Å²) in [4.78, 5) is 20.9. The van der Waals surface area contributed by atoms with Crippen LogP contribution in [0.1, 0.15) is 27.2 Å². The molecular formula is C12H17BrClN3O2. The number of rotatable bonds is 4. The number of anilines is 1. The van der Waals surface area contributed by atoms with E-state index in [2.05, 4.69) is 25.9 Å². The van der Waals surface area contributed by atoms with E-state index in [1.807, 2.05) is 32.7 Å². The van der Waals surface area contributed by atoms with Crippen molar-refractivity contribution in [3.8, 4) is 0 Å². The Hall–Kier alpha value is -0.880. The highest BCUT2D eigenvalue weighted by Crippen LogP contribution is 2.32. The number of carboxylic acids is 1. The lowest BCUT2D eigenvalue weighted by molar-refractivity contribution is -0.138. The Bertz CT molecular complexity index is 477. The summed E-state index contributed by atoms with van der Waals surface area (Å²) in [6.45, 7) is 5.98. The number of hydrogen-bond acceptors (Lipinski definition) is 4. The molecule has 0 radical (unpaired) electrons. The van der Waals surface area contributed by atoms with Gasteiger partial charge in [0.05, 0.1) is 10.9 Å². The normalized spacial score (nSPS) is 13.2. The number of nitrogens with zero attached hydrogens (tertiary/aromatic N) is 3. The third-order valence-electron chi connectivity index (χ3n) is 2.87. The van der Waals surface area contributed by atoms with Crippen LogP contribution in [0.2, 0.25) is 5.28 Å². The van der Waals surface area contributed by atoms with E-state index < -0.39 is 5.97 Å². The van der Waals surface area contributed by atoms with Crippen molar-refractivity contribution in [1.82, 2.24) is 9.97 Å². The summed E-state index contributed by atoms with van der Waals surface area (Å²) in [6.07, 6.45) is 1.58. The standard InChI is InChI=1S/C12H17BrClN3O2/c1-12(2,3)8(5-9(18)19)17(4)10-7(13)6-15-11(14)16-10/h6,8H,5H2,1-4H3,(H,18,19). The molecule has 1 N–H and O–H groups in total. The largest absolute Gasteiger partial charge is 0.481 e. The van der Waals surface area contributed by atoms with Crippen molar-refractivity contribution in [2.45, 2.75) is 33.2 Å². The zero-order valence-electron chi connectivity index (χ0n) is 11.3. The molecule has 0 spiro atoms. The molecular weight excluding hydrogens is 334 g/mol. The first-order chi connectivity index (χ1) is 8.62. The Morgan fingerprint density at radius 3 is 2.63 bits per heavy atom. The smallest absolute Gasteiger partial charge is 0.305 e. The van der Waals surface area contributed by atoms with Gasteiger partial charge in [0.1, 0.15) is 5.82 Å². The molecule has 1 atom stereocenters. The van der Waals surface area contributed by atoms with E-state index in [0.29, 0.717) is 10.3 Å². The second kappa shape index (κ2) is 6.05. The SMILES string of the molecule is CN(c1nc(Cl)ncc1Br)C(CC(=O)O)C(C)(C)C. The van der Waals surface area contributed by atoms with Gasteiger partial charge in [-0.15, -0.1) is 0 Å². The zero-order valence-corrected chi connectivity index (χ0v) is 13.7. The maximum absolute atomic E-state index is 11.0. The fourth-order valence-corrected chi connectivity index (χ4v) is 2.52. The van der Waals surface area contributed by atoms with Gasteiger partial charge in [-0.3, -0.25) is 4.79 Å². The molecule has 0 aliphatic carbocycles. The molecule has 5 nitrogen and oxygen atoms in total. The Balaban J connectivity index is 3.15. The second-order valence-corrected chi connectivity index (χ2v) is 6.59. The molecule has 0 aliphatic rings. The highest BCUT2D eigenvalue weighted by Gasteiger charge is 2.32. The van der Waals surface area contributed by atoms with Crippen molar-refractivity contribution in [3.05, 3.63) is 16.0 Å². The van der Waals surface area contributed by atoms with Gasteiger partial charge in [-0.25, -0.2) is 4.98 Å². The van der Waals surface area contributed by atoms with E-state index in [1.165, 1.54) is 0 Å². The molecule has 1 unspecified atom stereocenters. The average Bonchev–Trinajstić information content (AvgIpc) is 2.26. The predicted molar refractivity (Wildman–Crippen MR) is 78.6 cm³/mol. The minimum atomic E-state index is -0.844. The van der Waals surface area contributed by atoms with Crippen LogP contribution in [0.5, 0.6) is 0 Å². The van der Waals surface area contributed by atoms with Gasteiger partial charge < -0.3 is 10.0 Å². The van der Waals surface area contributed by atoms with E-state index >= 15 is 0 Å². The van der Waals surface area contributed by atoms with E-state index in [9.17, 15) is 4.79 Å². The average molecular weight is 351 g/mol. The first-order valence-electron chi connectivity index (χ1n) is 5.75. The van der Waals surface area contributed by atoms with Crippen LogP contribution in [0.3, 0.4) is 0 Å². The number of carboxylic acid groups (broad SMARTS) is 1. The minimum Gasteiger partial charge on any atom is -0.481 e. The number of aromatic nitrogens is 2. The molecule has 7 heteroatoms. The van der Waals surface area contributed by atoms with Crippen molar-refractivity contribution in [2.24, 2.45) is 5.41 Å². The molecule has 106 valence electrons. The highest BCUT2D eigenvalue weighted by atomic mass is 79.9. The van der Waals surface area contributed by atoms with Crippen molar-refractivity contribution < 1.29 is 9.90 Å². The van der Waals surface area contributed by atoms with Gasteiger partial charge in [-0.1, -0.05) is 20.8 Å². The minimum absolute atomic E-state index is 0.0219. The van der Waals surface area contributed by atoms with E-state index in [-0.39, 0.29) is 23.2 Å². The third-order valence-corrected chi connectivity index (χ3v) is 3.61. The number of aliphatic carboxylic acids is 1. The van der Waals surface area contributed by atoms with Crippen LogP contribution in [0.15, 0.2) is 10.7 Å². The van der Waals surface area contributed by atoms with Crippen LogP contribution in [-0.2, 0) is 4.79 Å². The Kier molecular flexibility index (Phi) is 5.15. The molecule has 0 aromatic carbocycles. The second-order valence-electron chi connectivity index (χ2n) is 5.40. The van der Waals surface area contributed by atoms with Crippen LogP contribution in [-0.4, -0.2) is 34.1 Å². The summed E-state index contributed by atoms with van der Waals surface area (Å²) in [6, 6.07) is -0.215. The molecule has 0 fully saturated rings. The maximum Gasteiger partial charge on any atom is 0.305 e. The fourth-order valence-electron chi connectivity index (χ4n) is 1.92. The van der Waals surface area contributed by atoms with Crippen LogP contribution in [0, 0.1) is 5.41 Å². The quantitative estimate of drug-likeness (QED) is 0.845. The third kappa shape index (κ3) is 4.31. The Morgan fingerprint density at radius 2 is 2.16 bits per heavy atom. The van der Waals surface area contributed by atoms with Crippen LogP contribution < -0.4 is 4.90 Å². The maximum atomic E-state index is 11.0. The molecule has 0 bridgehead atoms. The highest BCUT2D eigenvalue weighted by molar-refractivity contribution is 9.10. The van der Waals surface area contributed by atoms with Crippen molar-refractivity contribution in [3.63, 3.8) is 0 Å². The number of carbonyl (C=O) groups is 1. The molecule has 0 saturated heterocycles. The fraction of sp³-hybridized carbons (Fsp3) is 0.583. The summed E-state index contributed by atoms with van der Waals surface area (Å²) in [5.41, 5.74) is -0.218. The van der Waals surface area contributed by atoms with Crippen molar-refractivity contribution in [2.75, 3.05) is 11.9 Å². The first kappa shape index (κ1) is 16.2. The molecule has 19 heavy (non-hydrogen) atoms. The summed E-state index contributed by atoms with van der Waals surface area (Å²) < 4.78 is 0.680. The lowest BCUT2D eigenvalue weighted by Crippen LogP contribution is -2.44. The van der Waals surface area contributed by atoms with E-state index in [0.717, 1.165) is 0 Å². The lowest BCUT2D eigenvalue weighted by atomic mass is 9.84. The molecule has 0 saturated carbocycles. The monoisotopic (exact) mass is 349 g/mol. The van der Waals surface area contributed by atoms with Crippen LogP contribution >= 0.6 is 27.5 Å². The van der Waals surface area contributed by atoms with E-state index in [1.54, 1.807) is 6.20 Å². The van der Waals surface area contributed by atoms with Gasteiger partial charge in [0.2, 0.25) is 5.28 Å². The molecule has 1 aromatic heterocycles. The molecule has 1 rings (SSSR count). The van der Waals surface area contributed by atoms with Gasteiger partial charge in [0, 0.05) is 19.3 Å². The summed E-state index contributed by atoms with van der Waals surface area (Å²) in [5, 5.41) is 9.20. The van der Waals surface area contributed by atoms with Gasteiger partial charge in [0.15, 0.2) is 0 Å². The van der Waals surface area contributed by atoms with Crippen LogP contribution in [0.25, 0.3) is 0 Å². The lowest BCUT2D eigenvalue weighted by Gasteiger charge is -2.38. The molecule has 1 heterocycles. The predicted octanol–water partition coefficient (Wildman–Crippen LogP) is 3.22. The molecule has 0 amide bonds. The molecule has 1 aromatic rings. The Morgan fingerprint density at radius 1 is 1.58 bits per heavy atom. The Labute approximate surface area is 126 Å². The van der Waals surface area contributed by atoms with Crippen molar-refractivity contribution in [1.29, 1.82) is 0 Å².